The first-order valence-corrected chi connectivity index (χ1v) is 7.15. The lowest BCUT2D eigenvalue weighted by molar-refractivity contribution is -0.120. The second-order valence-corrected chi connectivity index (χ2v) is 5.10. The molecule has 2 amide bonds. The van der Waals surface area contributed by atoms with Crippen LogP contribution in [0.4, 0.5) is 0 Å². The van der Waals surface area contributed by atoms with E-state index >= 15 is 0 Å². The summed E-state index contributed by atoms with van der Waals surface area (Å²) in [6.07, 6.45) is 1.67. The van der Waals surface area contributed by atoms with Crippen molar-refractivity contribution in [2.75, 3.05) is 0 Å². The minimum Gasteiger partial charge on any atom is -0.368 e. The molecule has 3 aromatic rings. The number of primary amides is 1. The van der Waals surface area contributed by atoms with Gasteiger partial charge in [0.15, 0.2) is 0 Å². The summed E-state index contributed by atoms with van der Waals surface area (Å²) in [6.45, 7) is 0. The molecular weight excluding hydrogens is 290 g/mol. The van der Waals surface area contributed by atoms with E-state index < -0.39 is 11.9 Å². The van der Waals surface area contributed by atoms with Gasteiger partial charge in [-0.15, -0.1) is 0 Å². The van der Waals surface area contributed by atoms with Crippen LogP contribution in [0.2, 0.25) is 0 Å². The van der Waals surface area contributed by atoms with Crippen LogP contribution in [0.5, 0.6) is 0 Å². The monoisotopic (exact) mass is 305 g/mol. The molecule has 1 heterocycles. The third-order valence-electron chi connectivity index (χ3n) is 3.58. The third-order valence-corrected chi connectivity index (χ3v) is 3.58. The number of fused-ring (bicyclic) bond motifs is 1. The molecule has 1 atom stereocenters. The first-order valence-electron chi connectivity index (χ1n) is 7.15. The number of carbonyl (C=O) groups excluding carboxylic acids is 2. The first-order chi connectivity index (χ1) is 11.2. The van der Waals surface area contributed by atoms with Crippen LogP contribution in [0.1, 0.15) is 22.0 Å². The van der Waals surface area contributed by atoms with Crippen LogP contribution in [-0.2, 0) is 4.79 Å². The van der Waals surface area contributed by atoms with Gasteiger partial charge in [0.1, 0.15) is 6.04 Å². The summed E-state index contributed by atoms with van der Waals surface area (Å²) in [7, 11) is 0. The second kappa shape index (κ2) is 6.27. The summed E-state index contributed by atoms with van der Waals surface area (Å²) in [4.78, 5) is 28.6. The van der Waals surface area contributed by atoms with Crippen molar-refractivity contribution >= 4 is 22.7 Å². The van der Waals surface area contributed by atoms with Gasteiger partial charge in [0.2, 0.25) is 5.91 Å². The van der Waals surface area contributed by atoms with E-state index in [1.165, 1.54) is 0 Å². The van der Waals surface area contributed by atoms with Crippen molar-refractivity contribution in [1.82, 2.24) is 10.3 Å². The maximum absolute atomic E-state index is 12.6. The lowest BCUT2D eigenvalue weighted by Crippen LogP contribution is -2.37. The average Bonchev–Trinajstić information content (AvgIpc) is 2.59. The molecule has 0 fully saturated rings. The molecule has 1 aromatic heterocycles. The molecule has 5 heteroatoms. The highest BCUT2D eigenvalue weighted by Crippen LogP contribution is 2.18. The fraction of sp³-hybridized carbons (Fsp3) is 0.0556. The maximum Gasteiger partial charge on any atom is 0.252 e. The fourth-order valence-corrected chi connectivity index (χ4v) is 2.47. The van der Waals surface area contributed by atoms with Gasteiger partial charge in [-0.3, -0.25) is 14.6 Å². The largest absolute Gasteiger partial charge is 0.368 e. The van der Waals surface area contributed by atoms with Gasteiger partial charge in [0.05, 0.1) is 5.52 Å². The number of aromatic nitrogens is 1. The minimum atomic E-state index is -0.879. The molecule has 0 aliphatic rings. The number of hydrogen-bond acceptors (Lipinski definition) is 3. The highest BCUT2D eigenvalue weighted by Gasteiger charge is 2.21. The van der Waals surface area contributed by atoms with Gasteiger partial charge in [0.25, 0.3) is 5.91 Å². The third kappa shape index (κ3) is 3.03. The molecule has 0 saturated carbocycles. The number of nitrogens with two attached hydrogens (primary N) is 1. The number of carbonyl (C=O) groups is 2. The Morgan fingerprint density at radius 2 is 1.74 bits per heavy atom. The number of amides is 2. The Morgan fingerprint density at radius 1 is 0.957 bits per heavy atom. The van der Waals surface area contributed by atoms with Crippen molar-refractivity contribution in [3.63, 3.8) is 0 Å². The molecule has 0 bridgehead atoms. The zero-order valence-corrected chi connectivity index (χ0v) is 12.3. The standard InChI is InChI=1S/C18H15N3O2/c19-17(22)16(12-6-2-1-3-7-12)21-18(23)14-8-4-10-15-13(14)9-5-11-20-15/h1-11,16H,(H2,19,22)(H,21,23). The molecule has 0 saturated heterocycles. The first kappa shape index (κ1) is 14.7. The Labute approximate surface area is 133 Å². The van der Waals surface area contributed by atoms with Gasteiger partial charge in [-0.05, 0) is 23.8 Å². The molecule has 2 aromatic carbocycles. The van der Waals surface area contributed by atoms with Crippen molar-refractivity contribution < 1.29 is 9.59 Å². The van der Waals surface area contributed by atoms with Crippen LogP contribution in [0.25, 0.3) is 10.9 Å². The topological polar surface area (TPSA) is 85.1 Å². The lowest BCUT2D eigenvalue weighted by atomic mass is 10.0. The SMILES string of the molecule is NC(=O)C(NC(=O)c1cccc2ncccc12)c1ccccc1. The average molecular weight is 305 g/mol. The Hall–Kier alpha value is -3.21. The molecule has 114 valence electrons. The second-order valence-electron chi connectivity index (χ2n) is 5.10. The predicted molar refractivity (Wildman–Crippen MR) is 87.6 cm³/mol. The normalized spacial score (nSPS) is 11.8. The van der Waals surface area contributed by atoms with Crippen LogP contribution >= 0.6 is 0 Å². The number of rotatable bonds is 4. The number of nitrogens with zero attached hydrogens (tertiary/aromatic N) is 1. The van der Waals surface area contributed by atoms with Crippen molar-refractivity contribution in [3.8, 4) is 0 Å². The van der Waals surface area contributed by atoms with Gasteiger partial charge in [0, 0.05) is 17.1 Å². The minimum absolute atomic E-state index is 0.365. The van der Waals surface area contributed by atoms with Crippen molar-refractivity contribution in [3.05, 3.63) is 78.0 Å². The zero-order valence-electron chi connectivity index (χ0n) is 12.3. The van der Waals surface area contributed by atoms with Crippen molar-refractivity contribution in [2.24, 2.45) is 5.73 Å². The van der Waals surface area contributed by atoms with E-state index in [1.807, 2.05) is 18.2 Å². The van der Waals surface area contributed by atoms with Crippen LogP contribution in [-0.4, -0.2) is 16.8 Å². The maximum atomic E-state index is 12.6. The Balaban J connectivity index is 1.94. The molecule has 3 N–H and O–H groups in total. The summed E-state index contributed by atoms with van der Waals surface area (Å²) in [5, 5.41) is 3.43. The summed E-state index contributed by atoms with van der Waals surface area (Å²) >= 11 is 0. The summed E-state index contributed by atoms with van der Waals surface area (Å²) in [5.41, 5.74) is 7.26. The highest BCUT2D eigenvalue weighted by atomic mass is 16.2. The number of benzene rings is 2. The summed E-state index contributed by atoms with van der Waals surface area (Å²) in [5.74, 6) is -0.973. The van der Waals surface area contributed by atoms with Crippen LogP contribution in [0.3, 0.4) is 0 Å². The molecule has 5 nitrogen and oxygen atoms in total. The van der Waals surface area contributed by atoms with E-state index in [-0.39, 0.29) is 5.91 Å². The van der Waals surface area contributed by atoms with Gasteiger partial charge >= 0.3 is 0 Å². The molecule has 0 spiro atoms. The molecule has 0 radical (unpaired) electrons. The summed E-state index contributed by atoms with van der Waals surface area (Å²) in [6, 6.07) is 16.9. The Bertz CT molecular complexity index is 857. The number of hydrogen-bond donors (Lipinski definition) is 2. The Morgan fingerprint density at radius 3 is 2.48 bits per heavy atom. The number of pyridine rings is 1. The molecule has 3 rings (SSSR count). The van der Waals surface area contributed by atoms with Gasteiger partial charge in [-0.25, -0.2) is 0 Å². The van der Waals surface area contributed by atoms with E-state index in [0.29, 0.717) is 11.1 Å². The smallest absolute Gasteiger partial charge is 0.252 e. The molecule has 1 unspecified atom stereocenters. The summed E-state index contributed by atoms with van der Waals surface area (Å²) < 4.78 is 0. The lowest BCUT2D eigenvalue weighted by Gasteiger charge is -2.16. The highest BCUT2D eigenvalue weighted by molar-refractivity contribution is 6.07. The van der Waals surface area contributed by atoms with E-state index in [2.05, 4.69) is 10.3 Å². The van der Waals surface area contributed by atoms with Crippen LogP contribution in [0.15, 0.2) is 66.9 Å². The van der Waals surface area contributed by atoms with E-state index in [1.54, 1.807) is 48.7 Å². The van der Waals surface area contributed by atoms with Crippen molar-refractivity contribution in [1.29, 1.82) is 0 Å². The van der Waals surface area contributed by atoms with Gasteiger partial charge in [-0.1, -0.05) is 42.5 Å². The fourth-order valence-electron chi connectivity index (χ4n) is 2.47. The molecular formula is C18H15N3O2. The molecule has 0 aliphatic carbocycles. The van der Waals surface area contributed by atoms with E-state index in [0.717, 1.165) is 10.9 Å². The van der Waals surface area contributed by atoms with E-state index in [4.69, 9.17) is 5.73 Å². The van der Waals surface area contributed by atoms with Crippen LogP contribution < -0.4 is 11.1 Å². The number of nitrogens with one attached hydrogen (secondary N) is 1. The Kier molecular flexibility index (Phi) is 4.01. The van der Waals surface area contributed by atoms with Gasteiger partial charge < -0.3 is 11.1 Å². The molecule has 23 heavy (non-hydrogen) atoms. The predicted octanol–water partition coefficient (Wildman–Crippen LogP) is 2.19. The van der Waals surface area contributed by atoms with Gasteiger partial charge in [-0.2, -0.15) is 0 Å². The quantitative estimate of drug-likeness (QED) is 0.775. The van der Waals surface area contributed by atoms with E-state index in [9.17, 15) is 9.59 Å². The van der Waals surface area contributed by atoms with Crippen molar-refractivity contribution in [2.45, 2.75) is 6.04 Å². The van der Waals surface area contributed by atoms with Crippen LogP contribution in [0, 0.1) is 0 Å². The zero-order chi connectivity index (χ0) is 16.2. The molecule has 0 aliphatic heterocycles.